The first-order valence-corrected chi connectivity index (χ1v) is 17.1. The molecule has 0 aliphatic carbocycles. The average Bonchev–Trinajstić information content (AvgIpc) is 3.19. The van der Waals surface area contributed by atoms with Crippen LogP contribution in [0.2, 0.25) is 0 Å². The summed E-state index contributed by atoms with van der Waals surface area (Å²) in [5.41, 5.74) is 7.68. The fourth-order valence-corrected chi connectivity index (χ4v) is 8.42. The molecule has 2 aromatic heterocycles. The van der Waals surface area contributed by atoms with Crippen molar-refractivity contribution in [1.82, 2.24) is 9.97 Å². The smallest absolute Gasteiger partial charge is 0.0794 e. The van der Waals surface area contributed by atoms with Crippen LogP contribution in [0, 0.1) is 0 Å². The van der Waals surface area contributed by atoms with Crippen LogP contribution in [0.3, 0.4) is 0 Å². The maximum Gasteiger partial charge on any atom is 0.0794 e. The molecule has 11 rings (SSSR count). The first-order chi connectivity index (χ1) is 24.8. The van der Waals surface area contributed by atoms with E-state index in [1.807, 2.05) is 18.5 Å². The predicted molar refractivity (Wildman–Crippen MR) is 212 cm³/mol. The highest BCUT2D eigenvalue weighted by Gasteiger charge is 2.19. The summed E-state index contributed by atoms with van der Waals surface area (Å²) in [4.78, 5) is 9.96. The van der Waals surface area contributed by atoms with Crippen LogP contribution in [0.15, 0.2) is 170 Å². The number of nitrogens with zero attached hydrogens (tertiary/aromatic N) is 2. The lowest BCUT2D eigenvalue weighted by molar-refractivity contribution is 1.33. The van der Waals surface area contributed by atoms with E-state index < -0.39 is 0 Å². The minimum absolute atomic E-state index is 0.974. The van der Waals surface area contributed by atoms with Crippen molar-refractivity contribution in [2.75, 3.05) is 0 Å². The Bertz CT molecular complexity index is 3130. The Morgan fingerprint density at radius 2 is 0.980 bits per heavy atom. The second kappa shape index (κ2) is 10.4. The van der Waals surface area contributed by atoms with E-state index in [0.29, 0.717) is 0 Å². The Morgan fingerprint density at radius 1 is 0.340 bits per heavy atom. The monoisotopic (exact) mass is 632 g/mol. The SMILES string of the molecule is c1cncc(-c2ccc3c(c2)nc(-c2cccc(-c4ccc5ccc6cccc7ccc4c5c67)c2)c2c4ccccc4c4ccccc4c32)c1. The molecule has 9 aromatic carbocycles. The Labute approximate surface area is 288 Å². The third kappa shape index (κ3) is 3.90. The third-order valence-electron chi connectivity index (χ3n) is 10.6. The maximum absolute atomic E-state index is 5.56. The van der Waals surface area contributed by atoms with Gasteiger partial charge in [-0.3, -0.25) is 4.98 Å². The van der Waals surface area contributed by atoms with Gasteiger partial charge in [0.25, 0.3) is 0 Å². The van der Waals surface area contributed by atoms with Crippen LogP contribution in [0.1, 0.15) is 0 Å². The number of rotatable bonds is 3. The van der Waals surface area contributed by atoms with Gasteiger partial charge in [-0.15, -0.1) is 0 Å². The quantitative estimate of drug-likeness (QED) is 0.181. The Balaban J connectivity index is 1.23. The first kappa shape index (κ1) is 27.3. The number of aromatic nitrogens is 2. The van der Waals surface area contributed by atoms with Crippen LogP contribution in [-0.2, 0) is 0 Å². The largest absolute Gasteiger partial charge is 0.264 e. The summed E-state index contributed by atoms with van der Waals surface area (Å²) < 4.78 is 0. The summed E-state index contributed by atoms with van der Waals surface area (Å²) in [6.07, 6.45) is 3.74. The number of fused-ring (bicyclic) bond motifs is 8. The van der Waals surface area contributed by atoms with E-state index >= 15 is 0 Å². The first-order valence-electron chi connectivity index (χ1n) is 17.1. The Kier molecular flexibility index (Phi) is 5.70. The highest BCUT2D eigenvalue weighted by molar-refractivity contribution is 6.34. The lowest BCUT2D eigenvalue weighted by Gasteiger charge is -2.18. The van der Waals surface area contributed by atoms with Gasteiger partial charge < -0.3 is 0 Å². The highest BCUT2D eigenvalue weighted by Crippen LogP contribution is 2.45. The third-order valence-corrected chi connectivity index (χ3v) is 10.6. The molecule has 2 heteroatoms. The molecule has 230 valence electrons. The lowest BCUT2D eigenvalue weighted by atomic mass is 9.88. The van der Waals surface area contributed by atoms with E-state index in [1.54, 1.807) is 0 Å². The molecule has 2 nitrogen and oxygen atoms in total. The molecular weight excluding hydrogens is 605 g/mol. The zero-order valence-corrected chi connectivity index (χ0v) is 27.1. The summed E-state index contributed by atoms with van der Waals surface area (Å²) in [6, 6.07) is 57.6. The number of pyridine rings is 2. The van der Waals surface area contributed by atoms with Gasteiger partial charge in [-0.2, -0.15) is 0 Å². The van der Waals surface area contributed by atoms with Crippen LogP contribution in [-0.4, -0.2) is 9.97 Å². The Morgan fingerprint density at radius 3 is 1.76 bits per heavy atom. The van der Waals surface area contributed by atoms with Gasteiger partial charge in [-0.25, -0.2) is 4.98 Å². The highest BCUT2D eigenvalue weighted by atomic mass is 14.7. The van der Waals surface area contributed by atoms with Crippen LogP contribution < -0.4 is 0 Å². The predicted octanol–water partition coefficient (Wildman–Crippen LogP) is 13.0. The molecule has 0 radical (unpaired) electrons. The summed E-state index contributed by atoms with van der Waals surface area (Å²) in [5, 5.41) is 16.3. The summed E-state index contributed by atoms with van der Waals surface area (Å²) >= 11 is 0. The van der Waals surface area contributed by atoms with Gasteiger partial charge in [0.15, 0.2) is 0 Å². The number of hydrogen-bond donors (Lipinski definition) is 0. The van der Waals surface area contributed by atoms with Gasteiger partial charge in [-0.1, -0.05) is 140 Å². The molecule has 0 atom stereocenters. The molecule has 50 heavy (non-hydrogen) atoms. The summed E-state index contributed by atoms with van der Waals surface area (Å²) in [6.45, 7) is 0. The molecule has 11 aromatic rings. The van der Waals surface area contributed by atoms with Crippen molar-refractivity contribution in [3.63, 3.8) is 0 Å². The van der Waals surface area contributed by atoms with Crippen LogP contribution in [0.25, 0.3) is 109 Å². The fraction of sp³-hybridized carbons (Fsp3) is 0. The minimum Gasteiger partial charge on any atom is -0.264 e. The molecule has 0 saturated carbocycles. The Hall–Kier alpha value is -6.64. The summed E-state index contributed by atoms with van der Waals surface area (Å²) in [5.74, 6) is 0. The number of hydrogen-bond acceptors (Lipinski definition) is 2. The molecule has 0 aliphatic rings. The molecule has 0 spiro atoms. The molecular formula is C48H28N2. The molecule has 0 unspecified atom stereocenters. The van der Waals surface area contributed by atoms with Gasteiger partial charge in [0.2, 0.25) is 0 Å². The van der Waals surface area contributed by atoms with Crippen LogP contribution >= 0.6 is 0 Å². The number of benzene rings is 9. The van der Waals surface area contributed by atoms with Crippen molar-refractivity contribution < 1.29 is 0 Å². The molecule has 0 N–H and O–H groups in total. The van der Waals surface area contributed by atoms with Crippen molar-refractivity contribution in [2.24, 2.45) is 0 Å². The van der Waals surface area contributed by atoms with E-state index in [1.165, 1.54) is 75.8 Å². The van der Waals surface area contributed by atoms with Crippen molar-refractivity contribution in [3.8, 4) is 33.5 Å². The molecule has 0 fully saturated rings. The van der Waals surface area contributed by atoms with Gasteiger partial charge in [-0.05, 0) is 88.8 Å². The van der Waals surface area contributed by atoms with E-state index in [4.69, 9.17) is 4.98 Å². The lowest BCUT2D eigenvalue weighted by Crippen LogP contribution is -1.94. The molecule has 0 saturated heterocycles. The van der Waals surface area contributed by atoms with Crippen molar-refractivity contribution >= 4 is 75.5 Å². The standard InChI is InChI=1S/C48H28N2/c1-3-15-39-37(13-1)38-14-2-4-16-40(38)47-46(39)42-24-21-32(35-12-7-25-49-28-35)27-43(42)50-48(47)34-11-6-10-33(26-34)36-22-19-31-18-17-29-8-5-9-30-20-23-41(36)45(31)44(29)30/h1-28H. The van der Waals surface area contributed by atoms with E-state index in [2.05, 4.69) is 157 Å². The average molecular weight is 633 g/mol. The fourth-order valence-electron chi connectivity index (χ4n) is 8.42. The second-order valence-electron chi connectivity index (χ2n) is 13.3. The topological polar surface area (TPSA) is 25.8 Å². The second-order valence-corrected chi connectivity index (χ2v) is 13.3. The van der Waals surface area contributed by atoms with Gasteiger partial charge >= 0.3 is 0 Å². The molecule has 0 bridgehead atoms. The van der Waals surface area contributed by atoms with Crippen LogP contribution in [0.4, 0.5) is 0 Å². The van der Waals surface area contributed by atoms with Gasteiger partial charge in [0, 0.05) is 39.7 Å². The molecule has 0 amide bonds. The van der Waals surface area contributed by atoms with Crippen molar-refractivity contribution in [2.45, 2.75) is 0 Å². The van der Waals surface area contributed by atoms with E-state index in [9.17, 15) is 0 Å². The maximum atomic E-state index is 5.56. The normalized spacial score (nSPS) is 12.0. The molecule has 2 heterocycles. The van der Waals surface area contributed by atoms with Crippen molar-refractivity contribution in [3.05, 3.63) is 170 Å². The zero-order valence-electron chi connectivity index (χ0n) is 27.1. The zero-order chi connectivity index (χ0) is 32.8. The van der Waals surface area contributed by atoms with Gasteiger partial charge in [0.1, 0.15) is 0 Å². The van der Waals surface area contributed by atoms with Crippen molar-refractivity contribution in [1.29, 1.82) is 0 Å². The molecule has 0 aliphatic heterocycles. The van der Waals surface area contributed by atoms with E-state index in [0.717, 1.165) is 33.3 Å². The minimum atomic E-state index is 0.974. The van der Waals surface area contributed by atoms with Crippen LogP contribution in [0.5, 0.6) is 0 Å². The van der Waals surface area contributed by atoms with Gasteiger partial charge in [0.05, 0.1) is 11.2 Å². The summed E-state index contributed by atoms with van der Waals surface area (Å²) in [7, 11) is 0. The van der Waals surface area contributed by atoms with E-state index in [-0.39, 0.29) is 0 Å².